The zero-order chi connectivity index (χ0) is 10.8. The minimum absolute atomic E-state index is 0.246. The Hall–Kier alpha value is -0.330. The van der Waals surface area contributed by atoms with Crippen molar-refractivity contribution >= 4 is 0 Å². The highest BCUT2D eigenvalue weighted by molar-refractivity contribution is 4.82. The third-order valence-electron chi connectivity index (χ3n) is 2.49. The van der Waals surface area contributed by atoms with Crippen LogP contribution < -0.4 is 5.32 Å². The van der Waals surface area contributed by atoms with E-state index >= 15 is 0 Å². The van der Waals surface area contributed by atoms with E-state index in [1.165, 1.54) is 0 Å². The summed E-state index contributed by atoms with van der Waals surface area (Å²) in [6.07, 6.45) is -5.89. The van der Waals surface area contributed by atoms with Crippen LogP contribution in [0.25, 0.3) is 0 Å². The Morgan fingerprint density at radius 1 is 1.57 bits per heavy atom. The predicted molar refractivity (Wildman–Crippen MR) is 46.0 cm³/mol. The molecule has 1 fully saturated rings. The lowest BCUT2D eigenvalue weighted by Gasteiger charge is -2.21. The number of alkyl halides is 3. The van der Waals surface area contributed by atoms with E-state index in [0.717, 1.165) is 6.42 Å². The molecule has 1 heterocycles. The number of hydrogen-bond acceptors (Lipinski definition) is 3. The molecule has 0 aliphatic carbocycles. The molecular weight excluding hydrogens is 197 g/mol. The van der Waals surface area contributed by atoms with Crippen LogP contribution in [0.2, 0.25) is 0 Å². The molecule has 6 heteroatoms. The van der Waals surface area contributed by atoms with Crippen LogP contribution in [-0.4, -0.2) is 55.0 Å². The summed E-state index contributed by atoms with van der Waals surface area (Å²) in [7, 11) is 1.79. The molecule has 0 radical (unpaired) electrons. The second kappa shape index (κ2) is 4.46. The molecule has 0 aromatic heterocycles. The topological polar surface area (TPSA) is 35.5 Å². The molecule has 14 heavy (non-hydrogen) atoms. The van der Waals surface area contributed by atoms with E-state index in [2.05, 4.69) is 5.32 Å². The van der Waals surface area contributed by atoms with E-state index in [4.69, 9.17) is 5.11 Å². The smallest absolute Gasteiger partial charge is 0.382 e. The Kier molecular flexibility index (Phi) is 3.74. The zero-order valence-corrected chi connectivity index (χ0v) is 8.01. The fourth-order valence-electron chi connectivity index (χ4n) is 1.58. The minimum atomic E-state index is -4.50. The number of nitrogens with zero attached hydrogens (tertiary/aromatic N) is 1. The van der Waals surface area contributed by atoms with E-state index in [1.54, 1.807) is 11.9 Å². The van der Waals surface area contributed by atoms with Gasteiger partial charge < -0.3 is 10.4 Å². The molecule has 3 nitrogen and oxygen atoms in total. The number of aliphatic hydroxyl groups excluding tert-OH is 1. The quantitative estimate of drug-likeness (QED) is 0.701. The molecule has 0 spiro atoms. The molecular formula is C8H15F3N2O. The van der Waals surface area contributed by atoms with Gasteiger partial charge in [0.05, 0.1) is 0 Å². The van der Waals surface area contributed by atoms with Crippen molar-refractivity contribution < 1.29 is 18.3 Å². The van der Waals surface area contributed by atoms with Crippen LogP contribution in [0.5, 0.6) is 0 Å². The molecule has 1 aliphatic rings. The minimum Gasteiger partial charge on any atom is -0.382 e. The first kappa shape index (κ1) is 11.7. The van der Waals surface area contributed by atoms with Gasteiger partial charge in [0.15, 0.2) is 6.10 Å². The van der Waals surface area contributed by atoms with E-state index in [9.17, 15) is 13.2 Å². The van der Waals surface area contributed by atoms with Gasteiger partial charge in [-0.25, -0.2) is 0 Å². The number of hydrogen-bond donors (Lipinski definition) is 2. The van der Waals surface area contributed by atoms with Gasteiger partial charge in [-0.1, -0.05) is 0 Å². The van der Waals surface area contributed by atoms with Gasteiger partial charge in [0.1, 0.15) is 0 Å². The molecule has 1 aliphatic heterocycles. The average molecular weight is 212 g/mol. The lowest BCUT2D eigenvalue weighted by molar-refractivity contribution is -0.207. The van der Waals surface area contributed by atoms with Crippen molar-refractivity contribution in [2.45, 2.75) is 24.7 Å². The van der Waals surface area contributed by atoms with Crippen LogP contribution in [0.15, 0.2) is 0 Å². The molecule has 1 rings (SSSR count). The lowest BCUT2D eigenvalue weighted by Crippen LogP contribution is -2.41. The van der Waals surface area contributed by atoms with Crippen molar-refractivity contribution in [2.75, 3.05) is 26.7 Å². The van der Waals surface area contributed by atoms with Gasteiger partial charge >= 0.3 is 6.18 Å². The summed E-state index contributed by atoms with van der Waals surface area (Å²) in [6.45, 7) is 0.865. The van der Waals surface area contributed by atoms with E-state index < -0.39 is 12.3 Å². The van der Waals surface area contributed by atoms with Crippen LogP contribution in [0, 0.1) is 0 Å². The summed E-state index contributed by atoms with van der Waals surface area (Å²) >= 11 is 0. The monoisotopic (exact) mass is 212 g/mol. The normalized spacial score (nSPS) is 26.8. The van der Waals surface area contributed by atoms with Crippen molar-refractivity contribution in [3.8, 4) is 0 Å². The molecule has 2 N–H and O–H groups in total. The Morgan fingerprint density at radius 2 is 2.21 bits per heavy atom. The summed E-state index contributed by atoms with van der Waals surface area (Å²) in [5.74, 6) is 0. The SMILES string of the molecule is CNC1CCN(CC(O)C(F)(F)F)C1. The number of β-amino-alcohol motifs (C(OH)–C–C–N with tert-alkyl or cyclic N) is 1. The van der Waals surface area contributed by atoms with Gasteiger partial charge in [0, 0.05) is 19.1 Å². The van der Waals surface area contributed by atoms with Crippen molar-refractivity contribution in [3.05, 3.63) is 0 Å². The highest BCUT2D eigenvalue weighted by Crippen LogP contribution is 2.21. The molecule has 84 valence electrons. The fraction of sp³-hybridized carbons (Fsp3) is 1.00. The predicted octanol–water partition coefficient (Wildman–Crippen LogP) is 0.203. The van der Waals surface area contributed by atoms with Gasteiger partial charge in [0.25, 0.3) is 0 Å². The molecule has 0 saturated carbocycles. The maximum atomic E-state index is 12.0. The van der Waals surface area contributed by atoms with Crippen LogP contribution in [-0.2, 0) is 0 Å². The largest absolute Gasteiger partial charge is 0.415 e. The Bertz CT molecular complexity index is 186. The zero-order valence-electron chi connectivity index (χ0n) is 8.01. The number of aliphatic hydroxyl groups is 1. The van der Waals surface area contributed by atoms with Crippen molar-refractivity contribution in [3.63, 3.8) is 0 Å². The maximum Gasteiger partial charge on any atom is 0.415 e. The molecule has 1 saturated heterocycles. The van der Waals surface area contributed by atoms with Crippen molar-refractivity contribution in [2.24, 2.45) is 0 Å². The highest BCUT2D eigenvalue weighted by Gasteiger charge is 2.40. The molecule has 2 unspecified atom stereocenters. The van der Waals surface area contributed by atoms with Crippen LogP contribution in [0.3, 0.4) is 0 Å². The lowest BCUT2D eigenvalue weighted by atomic mass is 10.3. The third-order valence-corrected chi connectivity index (χ3v) is 2.49. The first-order valence-corrected chi connectivity index (χ1v) is 4.58. The van der Waals surface area contributed by atoms with Gasteiger partial charge in [-0.15, -0.1) is 0 Å². The van der Waals surface area contributed by atoms with E-state index in [1.807, 2.05) is 0 Å². The Morgan fingerprint density at radius 3 is 2.64 bits per heavy atom. The standard InChI is InChI=1S/C8H15F3N2O/c1-12-6-2-3-13(4-6)5-7(14)8(9,10)11/h6-7,12,14H,2-5H2,1H3. The van der Waals surface area contributed by atoms with Gasteiger partial charge in [0.2, 0.25) is 0 Å². The van der Waals surface area contributed by atoms with E-state index in [-0.39, 0.29) is 12.6 Å². The summed E-state index contributed by atoms with van der Waals surface area (Å²) in [5, 5.41) is 11.8. The van der Waals surface area contributed by atoms with Crippen LogP contribution in [0.4, 0.5) is 13.2 Å². The fourth-order valence-corrected chi connectivity index (χ4v) is 1.58. The molecule has 2 atom stereocenters. The third kappa shape index (κ3) is 3.11. The molecule has 0 aromatic rings. The van der Waals surface area contributed by atoms with Crippen LogP contribution >= 0.6 is 0 Å². The highest BCUT2D eigenvalue weighted by atomic mass is 19.4. The number of halogens is 3. The molecule has 0 aromatic carbocycles. The second-order valence-corrected chi connectivity index (χ2v) is 3.59. The summed E-state index contributed by atoms with van der Waals surface area (Å²) in [5.41, 5.74) is 0. The first-order chi connectivity index (χ1) is 6.43. The number of likely N-dealkylation sites (tertiary alicyclic amines) is 1. The summed E-state index contributed by atoms with van der Waals surface area (Å²) in [4.78, 5) is 1.62. The van der Waals surface area contributed by atoms with Gasteiger partial charge in [-0.05, 0) is 20.0 Å². The van der Waals surface area contributed by atoms with Gasteiger partial charge in [-0.2, -0.15) is 13.2 Å². The summed E-state index contributed by atoms with van der Waals surface area (Å²) in [6, 6.07) is 0.246. The second-order valence-electron chi connectivity index (χ2n) is 3.59. The summed E-state index contributed by atoms with van der Waals surface area (Å²) < 4.78 is 36.0. The average Bonchev–Trinajstić information content (AvgIpc) is 2.50. The number of nitrogens with one attached hydrogen (secondary N) is 1. The number of likely N-dealkylation sites (N-methyl/N-ethyl adjacent to an activating group) is 1. The molecule has 0 bridgehead atoms. The first-order valence-electron chi connectivity index (χ1n) is 4.58. The van der Waals surface area contributed by atoms with E-state index in [0.29, 0.717) is 13.1 Å². The van der Waals surface area contributed by atoms with Crippen molar-refractivity contribution in [1.29, 1.82) is 0 Å². The van der Waals surface area contributed by atoms with Crippen LogP contribution in [0.1, 0.15) is 6.42 Å². The van der Waals surface area contributed by atoms with Gasteiger partial charge in [-0.3, -0.25) is 4.90 Å². The number of rotatable bonds is 3. The maximum absolute atomic E-state index is 12.0. The van der Waals surface area contributed by atoms with Crippen molar-refractivity contribution in [1.82, 2.24) is 10.2 Å². The Labute approximate surface area is 80.9 Å². The Balaban J connectivity index is 2.32. The molecule has 0 amide bonds.